The van der Waals surface area contributed by atoms with Gasteiger partial charge in [0.2, 0.25) is 5.91 Å². The molecule has 84 valence electrons. The quantitative estimate of drug-likeness (QED) is 0.663. The Morgan fingerprint density at radius 2 is 1.67 bits per heavy atom. The van der Waals surface area contributed by atoms with E-state index in [4.69, 9.17) is 10.8 Å². The second-order valence-corrected chi connectivity index (χ2v) is 4.01. The predicted octanol–water partition coefficient (Wildman–Crippen LogP) is 0.466. The Morgan fingerprint density at radius 1 is 1.13 bits per heavy atom. The minimum Gasteiger partial charge on any atom is -0.480 e. The maximum Gasteiger partial charge on any atom is 0.317 e. The third-order valence-electron chi connectivity index (χ3n) is 2.99. The van der Waals surface area contributed by atoms with Gasteiger partial charge in [-0.25, -0.2) is 0 Å². The summed E-state index contributed by atoms with van der Waals surface area (Å²) in [6, 6.07) is 0. The smallest absolute Gasteiger partial charge is 0.317 e. The number of amides is 1. The van der Waals surface area contributed by atoms with Crippen molar-refractivity contribution >= 4 is 17.7 Å². The summed E-state index contributed by atoms with van der Waals surface area (Å²) in [5.74, 6) is -2.41. The second-order valence-electron chi connectivity index (χ2n) is 4.01. The van der Waals surface area contributed by atoms with Gasteiger partial charge in [0.1, 0.15) is 5.41 Å². The summed E-state index contributed by atoms with van der Waals surface area (Å²) < 4.78 is 0. The van der Waals surface area contributed by atoms with Crippen molar-refractivity contribution in [1.29, 1.82) is 0 Å². The van der Waals surface area contributed by atoms with E-state index in [2.05, 4.69) is 0 Å². The van der Waals surface area contributed by atoms with E-state index in [1.165, 1.54) is 0 Å². The van der Waals surface area contributed by atoms with E-state index in [-0.39, 0.29) is 0 Å². The maximum absolute atomic E-state index is 11.7. The van der Waals surface area contributed by atoms with Crippen molar-refractivity contribution in [2.24, 2.45) is 11.1 Å². The number of aliphatic carboxylic acids is 1. The summed E-state index contributed by atoms with van der Waals surface area (Å²) in [7, 11) is 0. The van der Waals surface area contributed by atoms with Crippen LogP contribution in [0.1, 0.15) is 38.5 Å². The van der Waals surface area contributed by atoms with Gasteiger partial charge < -0.3 is 10.8 Å². The lowest BCUT2D eigenvalue weighted by molar-refractivity contribution is -0.157. The van der Waals surface area contributed by atoms with Gasteiger partial charge in [-0.15, -0.1) is 0 Å². The lowest BCUT2D eigenvalue weighted by Gasteiger charge is -2.31. The Balaban J connectivity index is 2.85. The molecule has 0 aromatic rings. The molecule has 0 radical (unpaired) electrons. The van der Waals surface area contributed by atoms with Crippen LogP contribution in [-0.2, 0) is 14.4 Å². The van der Waals surface area contributed by atoms with Crippen molar-refractivity contribution in [3.8, 4) is 0 Å². The fourth-order valence-electron chi connectivity index (χ4n) is 2.09. The van der Waals surface area contributed by atoms with Crippen molar-refractivity contribution in [2.75, 3.05) is 0 Å². The van der Waals surface area contributed by atoms with Gasteiger partial charge in [0.25, 0.3) is 0 Å². The molecule has 3 N–H and O–H groups in total. The van der Waals surface area contributed by atoms with Crippen molar-refractivity contribution in [1.82, 2.24) is 0 Å². The molecule has 0 unspecified atom stereocenters. The standard InChI is InChI=1S/C10H15NO4/c11-8(13)6-7(12)10(9(14)15)4-2-1-3-5-10/h1-6H2,(H2,11,13)(H,14,15). The number of primary amides is 1. The molecule has 5 nitrogen and oxygen atoms in total. The third-order valence-corrected chi connectivity index (χ3v) is 2.99. The van der Waals surface area contributed by atoms with Crippen LogP contribution in [0.2, 0.25) is 0 Å². The number of nitrogens with two attached hydrogens (primary N) is 1. The molecule has 1 amide bonds. The third kappa shape index (κ3) is 2.34. The number of Topliss-reactive ketones (excluding diaryl/α,β-unsaturated/α-hetero) is 1. The van der Waals surface area contributed by atoms with Crippen molar-refractivity contribution in [2.45, 2.75) is 38.5 Å². The first-order chi connectivity index (χ1) is 6.99. The molecule has 1 aliphatic carbocycles. The molecular weight excluding hydrogens is 198 g/mol. The summed E-state index contributed by atoms with van der Waals surface area (Å²) >= 11 is 0. The van der Waals surface area contributed by atoms with Crippen LogP contribution in [0.15, 0.2) is 0 Å². The minimum atomic E-state index is -1.35. The molecule has 0 aromatic heterocycles. The Morgan fingerprint density at radius 3 is 2.07 bits per heavy atom. The normalized spacial score (nSPS) is 19.5. The number of ketones is 1. The molecule has 1 saturated carbocycles. The minimum absolute atomic E-state index is 0.328. The first kappa shape index (κ1) is 11.7. The van der Waals surface area contributed by atoms with Crippen LogP contribution in [0, 0.1) is 5.41 Å². The number of carboxylic acids is 1. The molecule has 1 aliphatic rings. The van der Waals surface area contributed by atoms with E-state index in [1.54, 1.807) is 0 Å². The number of carboxylic acid groups (broad SMARTS) is 1. The molecule has 15 heavy (non-hydrogen) atoms. The van der Waals surface area contributed by atoms with Gasteiger partial charge >= 0.3 is 5.97 Å². The van der Waals surface area contributed by atoms with E-state index in [1.807, 2.05) is 0 Å². The van der Waals surface area contributed by atoms with Gasteiger partial charge in [-0.1, -0.05) is 19.3 Å². The molecule has 1 rings (SSSR count). The molecule has 0 aromatic carbocycles. The number of hydrogen-bond donors (Lipinski definition) is 2. The zero-order chi connectivity index (χ0) is 11.5. The van der Waals surface area contributed by atoms with E-state index in [0.29, 0.717) is 12.8 Å². The zero-order valence-corrected chi connectivity index (χ0v) is 8.49. The van der Waals surface area contributed by atoms with Crippen LogP contribution < -0.4 is 5.73 Å². The van der Waals surface area contributed by atoms with E-state index >= 15 is 0 Å². The number of carbonyl (C=O) groups excluding carboxylic acids is 2. The van der Waals surface area contributed by atoms with Crippen LogP contribution in [0.3, 0.4) is 0 Å². The highest BCUT2D eigenvalue weighted by Crippen LogP contribution is 2.38. The monoisotopic (exact) mass is 213 g/mol. The van der Waals surface area contributed by atoms with Crippen LogP contribution in [0.25, 0.3) is 0 Å². The summed E-state index contributed by atoms with van der Waals surface area (Å²) in [5.41, 5.74) is 3.55. The van der Waals surface area contributed by atoms with Gasteiger partial charge in [-0.2, -0.15) is 0 Å². The molecule has 0 spiro atoms. The van der Waals surface area contributed by atoms with E-state index in [9.17, 15) is 14.4 Å². The van der Waals surface area contributed by atoms with Gasteiger partial charge in [0.15, 0.2) is 5.78 Å². The van der Waals surface area contributed by atoms with Gasteiger partial charge in [-0.3, -0.25) is 14.4 Å². The first-order valence-electron chi connectivity index (χ1n) is 5.04. The molecule has 0 atom stereocenters. The molecule has 0 saturated heterocycles. The summed E-state index contributed by atoms with van der Waals surface area (Å²) in [6.45, 7) is 0. The Kier molecular flexibility index (Phi) is 3.44. The molecule has 1 fully saturated rings. The van der Waals surface area contributed by atoms with Gasteiger partial charge in [0.05, 0.1) is 6.42 Å². The fourth-order valence-corrected chi connectivity index (χ4v) is 2.09. The zero-order valence-electron chi connectivity index (χ0n) is 8.49. The lowest BCUT2D eigenvalue weighted by atomic mass is 9.70. The highest BCUT2D eigenvalue weighted by molar-refractivity contribution is 6.09. The molecular formula is C10H15NO4. The number of carbonyl (C=O) groups is 3. The average Bonchev–Trinajstić information content (AvgIpc) is 2.17. The van der Waals surface area contributed by atoms with E-state index < -0.39 is 29.5 Å². The van der Waals surface area contributed by atoms with Crippen molar-refractivity contribution in [3.05, 3.63) is 0 Å². The van der Waals surface area contributed by atoms with E-state index in [0.717, 1.165) is 19.3 Å². The highest BCUT2D eigenvalue weighted by Gasteiger charge is 2.46. The molecule has 5 heteroatoms. The average molecular weight is 213 g/mol. The van der Waals surface area contributed by atoms with Crippen LogP contribution in [0.4, 0.5) is 0 Å². The number of hydrogen-bond acceptors (Lipinski definition) is 3. The van der Waals surface area contributed by atoms with Crippen LogP contribution >= 0.6 is 0 Å². The number of rotatable bonds is 4. The van der Waals surface area contributed by atoms with Gasteiger partial charge in [0, 0.05) is 0 Å². The van der Waals surface area contributed by atoms with Crippen LogP contribution in [-0.4, -0.2) is 22.8 Å². The van der Waals surface area contributed by atoms with Crippen molar-refractivity contribution < 1.29 is 19.5 Å². The first-order valence-corrected chi connectivity index (χ1v) is 5.04. The summed E-state index contributed by atoms with van der Waals surface area (Å²) in [4.78, 5) is 33.4. The fraction of sp³-hybridized carbons (Fsp3) is 0.700. The van der Waals surface area contributed by atoms with Gasteiger partial charge in [-0.05, 0) is 12.8 Å². The maximum atomic E-state index is 11.7. The topological polar surface area (TPSA) is 97.5 Å². The highest BCUT2D eigenvalue weighted by atomic mass is 16.4. The Hall–Kier alpha value is -1.39. The molecule has 0 heterocycles. The largest absolute Gasteiger partial charge is 0.480 e. The summed E-state index contributed by atoms with van der Waals surface area (Å²) in [5, 5.41) is 9.10. The van der Waals surface area contributed by atoms with Crippen molar-refractivity contribution in [3.63, 3.8) is 0 Å². The predicted molar refractivity (Wildman–Crippen MR) is 52.0 cm³/mol. The van der Waals surface area contributed by atoms with Crippen LogP contribution in [0.5, 0.6) is 0 Å². The second kappa shape index (κ2) is 4.42. The molecule has 0 aliphatic heterocycles. The molecule has 0 bridgehead atoms. The Labute approximate surface area is 87.6 Å². The SMILES string of the molecule is NC(=O)CC(=O)C1(C(=O)O)CCCCC1. The Bertz CT molecular complexity index is 292. The lowest BCUT2D eigenvalue weighted by Crippen LogP contribution is -2.42. The summed E-state index contributed by atoms with van der Waals surface area (Å²) in [6.07, 6.45) is 2.57.